The summed E-state index contributed by atoms with van der Waals surface area (Å²) in [6, 6.07) is 0. The van der Waals surface area contributed by atoms with Crippen LogP contribution in [-0.2, 0) is 26.6 Å². The van der Waals surface area contributed by atoms with Crippen molar-refractivity contribution in [3.8, 4) is 0 Å². The molecule has 10 heteroatoms. The molecule has 0 aromatic carbocycles. The van der Waals surface area contributed by atoms with Crippen LogP contribution >= 0.6 is 0 Å². The molecule has 3 aliphatic carbocycles. The first-order valence-electron chi connectivity index (χ1n) is 16.7. The van der Waals surface area contributed by atoms with Gasteiger partial charge in [0.1, 0.15) is 5.73 Å². The Kier molecular flexibility index (Phi) is 13.8. The Morgan fingerprint density at radius 1 is 0.810 bits per heavy atom. The van der Waals surface area contributed by atoms with E-state index in [1.807, 2.05) is 0 Å². The fourth-order valence-electron chi connectivity index (χ4n) is 6.70. The van der Waals surface area contributed by atoms with Crippen molar-refractivity contribution in [3.63, 3.8) is 0 Å². The third kappa shape index (κ3) is 9.23. The van der Waals surface area contributed by atoms with E-state index in [4.69, 9.17) is 21.8 Å². The molecular weight excluding hydrogens is 593 g/mol. The molecule has 3 saturated carbocycles. The van der Waals surface area contributed by atoms with Crippen molar-refractivity contribution < 1.29 is 26.6 Å². The quantitative estimate of drug-likeness (QED) is 0.0768. The van der Waals surface area contributed by atoms with Crippen molar-refractivity contribution in [2.45, 2.75) is 166 Å². The second-order valence-corrected chi connectivity index (χ2v) is 22.5. The molecule has 0 spiro atoms. The summed E-state index contributed by atoms with van der Waals surface area (Å²) in [6.07, 6.45) is 15.9. The molecular formula is C32H58O6Si4. The highest BCUT2D eigenvalue weighted by atomic mass is 28.5. The number of carbonyl (C=O) groups excluding carboxylic acids is 1. The van der Waals surface area contributed by atoms with Crippen LogP contribution in [0, 0.1) is 17.8 Å². The minimum Gasteiger partial charge on any atom is -0.433 e. The van der Waals surface area contributed by atoms with Gasteiger partial charge in [0.15, 0.2) is 0 Å². The van der Waals surface area contributed by atoms with E-state index >= 15 is 0 Å². The van der Waals surface area contributed by atoms with E-state index in [1.165, 1.54) is 63.9 Å². The Hall–Kier alpha value is -0.0825. The van der Waals surface area contributed by atoms with Crippen LogP contribution in [0.4, 0.5) is 0 Å². The van der Waals surface area contributed by atoms with E-state index in [1.54, 1.807) is 6.92 Å². The standard InChI is InChI=1S/C32H58O6Si4/c1-10-28(33)34-27(6)35-29(11-2)42(36-39-30(7)21-15-12-18-24(30)3,37-40-31(8)22-16-13-19-25(31)4)38-41-32(9)23-17-14-20-26(32)5/h10,24-27,29H,1,11-23H2,2-9H3. The molecule has 3 aliphatic rings. The lowest BCUT2D eigenvalue weighted by molar-refractivity contribution is -0.176. The summed E-state index contributed by atoms with van der Waals surface area (Å²) < 4.78 is 33.7. The molecule has 0 aromatic heterocycles. The van der Waals surface area contributed by atoms with Gasteiger partial charge in [-0.05, 0) is 65.5 Å². The van der Waals surface area contributed by atoms with E-state index in [0.29, 0.717) is 24.2 Å². The van der Waals surface area contributed by atoms with Gasteiger partial charge in [-0.25, -0.2) is 4.79 Å². The molecule has 0 bridgehead atoms. The normalized spacial score (nSPS) is 36.9. The fraction of sp³-hybridized carbons (Fsp3) is 0.906. The number of ether oxygens (including phenoxy) is 2. The molecule has 42 heavy (non-hydrogen) atoms. The predicted octanol–water partition coefficient (Wildman–Crippen LogP) is 8.41. The monoisotopic (exact) mass is 650 g/mol. The number of carbonyl (C=O) groups is 1. The van der Waals surface area contributed by atoms with Crippen molar-refractivity contribution in [2.75, 3.05) is 0 Å². The van der Waals surface area contributed by atoms with Gasteiger partial charge in [0.25, 0.3) is 0 Å². The van der Waals surface area contributed by atoms with Crippen LogP contribution in [0.1, 0.15) is 139 Å². The molecule has 3 rings (SSSR count). The second kappa shape index (κ2) is 16.0. The van der Waals surface area contributed by atoms with Crippen molar-refractivity contribution in [3.05, 3.63) is 12.7 Å². The van der Waals surface area contributed by atoms with E-state index in [9.17, 15) is 4.79 Å². The van der Waals surface area contributed by atoms with Gasteiger partial charge in [0.05, 0.1) is 0 Å². The zero-order chi connectivity index (χ0) is 31.0. The Balaban J connectivity index is 1.98. The van der Waals surface area contributed by atoms with E-state index in [-0.39, 0.29) is 44.4 Å². The van der Waals surface area contributed by atoms with E-state index < -0.39 is 26.8 Å². The Labute approximate surface area is 266 Å². The largest absolute Gasteiger partial charge is 0.499 e. The molecule has 8 atom stereocenters. The minimum absolute atomic E-state index is 0.0960. The lowest BCUT2D eigenvalue weighted by Crippen LogP contribution is -2.62. The Bertz CT molecular complexity index is 799. The average Bonchev–Trinajstić information content (AvgIpc) is 2.97. The third-order valence-electron chi connectivity index (χ3n) is 10.9. The maximum Gasteiger partial charge on any atom is 0.499 e. The number of hydrogen-bond acceptors (Lipinski definition) is 6. The SMILES string of the molecule is C=CC(=O)OC(C)OC(CC)[Si](O[Si]C1(C)CCCCC1C)(O[Si]C1(C)CCCCC1C)O[Si]C1(C)CCCCC1C. The summed E-state index contributed by atoms with van der Waals surface area (Å²) in [4.78, 5) is 12.1. The van der Waals surface area contributed by atoms with Crippen LogP contribution in [0.5, 0.6) is 0 Å². The highest BCUT2D eigenvalue weighted by Gasteiger charge is 2.55. The molecule has 6 radical (unpaired) electrons. The van der Waals surface area contributed by atoms with Gasteiger partial charge in [-0.15, -0.1) is 0 Å². The van der Waals surface area contributed by atoms with Crippen molar-refractivity contribution in [1.29, 1.82) is 0 Å². The smallest absolute Gasteiger partial charge is 0.433 e. The number of esters is 1. The van der Waals surface area contributed by atoms with Crippen LogP contribution in [0.2, 0.25) is 15.1 Å². The van der Waals surface area contributed by atoms with Gasteiger partial charge < -0.3 is 21.8 Å². The molecule has 0 amide bonds. The summed E-state index contributed by atoms with van der Waals surface area (Å²) in [5.41, 5.74) is -0.426. The summed E-state index contributed by atoms with van der Waals surface area (Å²) >= 11 is 0. The number of hydrogen-bond donors (Lipinski definition) is 0. The van der Waals surface area contributed by atoms with E-state index in [2.05, 4.69) is 55.0 Å². The Morgan fingerprint density at radius 2 is 1.19 bits per heavy atom. The van der Waals surface area contributed by atoms with Gasteiger partial charge in [-0.1, -0.05) is 113 Å². The first kappa shape index (κ1) is 36.4. The van der Waals surface area contributed by atoms with Gasteiger partial charge >= 0.3 is 14.8 Å². The molecule has 0 heterocycles. The van der Waals surface area contributed by atoms with Crippen molar-refractivity contribution >= 4 is 44.1 Å². The number of rotatable bonds is 15. The van der Waals surface area contributed by atoms with Gasteiger partial charge in [-0.3, -0.25) is 0 Å². The lowest BCUT2D eigenvalue weighted by atomic mass is 9.81. The van der Waals surface area contributed by atoms with E-state index in [0.717, 1.165) is 19.3 Å². The molecule has 0 N–H and O–H groups in total. The first-order valence-corrected chi connectivity index (χ1v) is 21.2. The van der Waals surface area contributed by atoms with Crippen molar-refractivity contribution in [1.82, 2.24) is 0 Å². The van der Waals surface area contributed by atoms with Gasteiger partial charge in [0.2, 0.25) is 35.6 Å². The van der Waals surface area contributed by atoms with Crippen LogP contribution < -0.4 is 0 Å². The molecule has 0 aromatic rings. The summed E-state index contributed by atoms with van der Waals surface area (Å²) in [7, 11) is -2.60. The third-order valence-corrected chi connectivity index (χ3v) is 20.5. The Morgan fingerprint density at radius 3 is 1.50 bits per heavy atom. The lowest BCUT2D eigenvalue weighted by Gasteiger charge is -2.46. The molecule has 0 aliphatic heterocycles. The van der Waals surface area contributed by atoms with Gasteiger partial charge in [0, 0.05) is 6.08 Å². The fourth-order valence-corrected chi connectivity index (χ4v) is 17.1. The highest BCUT2D eigenvalue weighted by molar-refractivity contribution is 6.75. The average molecular weight is 651 g/mol. The van der Waals surface area contributed by atoms with Crippen LogP contribution in [0.3, 0.4) is 0 Å². The second-order valence-electron chi connectivity index (χ2n) is 14.2. The maximum absolute atomic E-state index is 12.1. The summed E-state index contributed by atoms with van der Waals surface area (Å²) in [5.74, 6) is 1.26. The molecule has 8 unspecified atom stereocenters. The molecule has 238 valence electrons. The first-order chi connectivity index (χ1) is 19.8. The summed E-state index contributed by atoms with van der Waals surface area (Å²) in [6.45, 7) is 21.8. The molecule has 3 fully saturated rings. The molecule has 6 nitrogen and oxygen atoms in total. The molecule has 0 saturated heterocycles. The zero-order valence-corrected chi connectivity index (χ0v) is 31.8. The van der Waals surface area contributed by atoms with Crippen LogP contribution in [0.25, 0.3) is 0 Å². The topological polar surface area (TPSA) is 63.2 Å². The predicted molar refractivity (Wildman–Crippen MR) is 175 cm³/mol. The highest BCUT2D eigenvalue weighted by Crippen LogP contribution is 2.50. The van der Waals surface area contributed by atoms with Gasteiger partial charge in [-0.2, -0.15) is 0 Å². The zero-order valence-electron chi connectivity index (χ0n) is 27.8. The summed E-state index contributed by atoms with van der Waals surface area (Å²) in [5, 5.41) is 0.288. The van der Waals surface area contributed by atoms with Crippen molar-refractivity contribution in [2.24, 2.45) is 17.8 Å². The maximum atomic E-state index is 12.1. The van der Waals surface area contributed by atoms with Crippen LogP contribution in [0.15, 0.2) is 12.7 Å². The minimum atomic E-state index is -3.43. The van der Waals surface area contributed by atoms with Crippen LogP contribution in [-0.4, -0.2) is 56.1 Å².